The van der Waals surface area contributed by atoms with Gasteiger partial charge in [0.25, 0.3) is 0 Å². The molecule has 114 valence electrons. The van der Waals surface area contributed by atoms with E-state index in [1.807, 2.05) is 6.92 Å². The molecule has 4 N–H and O–H groups in total. The van der Waals surface area contributed by atoms with Gasteiger partial charge in [-0.25, -0.2) is 13.1 Å². The van der Waals surface area contributed by atoms with Crippen molar-refractivity contribution in [3.8, 4) is 0 Å². The lowest BCUT2D eigenvalue weighted by Gasteiger charge is -2.09. The van der Waals surface area contributed by atoms with E-state index >= 15 is 0 Å². The average Bonchev–Trinajstić information content (AvgIpc) is 2.83. The van der Waals surface area contributed by atoms with Gasteiger partial charge in [-0.2, -0.15) is 5.10 Å². The van der Waals surface area contributed by atoms with E-state index in [0.717, 1.165) is 17.7 Å². The second kappa shape index (κ2) is 6.46. The lowest BCUT2D eigenvalue weighted by atomic mass is 10.1. The molecule has 1 aromatic heterocycles. The minimum absolute atomic E-state index is 0.00879. The van der Waals surface area contributed by atoms with E-state index < -0.39 is 10.0 Å². The lowest BCUT2D eigenvalue weighted by molar-refractivity contribution is 0.579. The zero-order valence-corrected chi connectivity index (χ0v) is 13.1. The summed E-state index contributed by atoms with van der Waals surface area (Å²) in [4.78, 5) is 0.00879. The van der Waals surface area contributed by atoms with Gasteiger partial charge in [-0.05, 0) is 43.5 Å². The summed E-state index contributed by atoms with van der Waals surface area (Å²) in [7, 11) is -3.65. The third kappa shape index (κ3) is 3.96. The Morgan fingerprint density at radius 1 is 1.43 bits per heavy atom. The number of halogens is 1. The SMILES string of the molecule is Cc1[nH]ncc1CCCNS(=O)(=O)c1cc(Cl)ccc1N. The number of aromatic nitrogens is 2. The first-order valence-electron chi connectivity index (χ1n) is 6.43. The quantitative estimate of drug-likeness (QED) is 0.556. The van der Waals surface area contributed by atoms with Gasteiger partial charge >= 0.3 is 0 Å². The number of anilines is 1. The van der Waals surface area contributed by atoms with E-state index in [9.17, 15) is 8.42 Å². The molecular formula is C13H17ClN4O2S. The molecule has 0 radical (unpaired) electrons. The molecule has 2 aromatic rings. The predicted octanol–water partition coefficient (Wildman–Crippen LogP) is 1.86. The Bertz CT molecular complexity index is 728. The Labute approximate surface area is 128 Å². The summed E-state index contributed by atoms with van der Waals surface area (Å²) >= 11 is 5.81. The molecule has 0 aliphatic carbocycles. The molecule has 2 rings (SSSR count). The minimum Gasteiger partial charge on any atom is -0.398 e. The molecule has 8 heteroatoms. The number of benzene rings is 1. The normalized spacial score (nSPS) is 11.7. The molecule has 0 aliphatic rings. The van der Waals surface area contributed by atoms with Crippen molar-refractivity contribution < 1.29 is 8.42 Å². The molecule has 1 heterocycles. The number of sulfonamides is 1. The maximum absolute atomic E-state index is 12.2. The summed E-state index contributed by atoms with van der Waals surface area (Å²) in [6.45, 7) is 2.25. The lowest BCUT2D eigenvalue weighted by Crippen LogP contribution is -2.26. The molecule has 0 saturated heterocycles. The minimum atomic E-state index is -3.65. The van der Waals surface area contributed by atoms with Crippen molar-refractivity contribution in [3.63, 3.8) is 0 Å². The summed E-state index contributed by atoms with van der Waals surface area (Å²) in [6, 6.07) is 4.38. The van der Waals surface area contributed by atoms with Crippen molar-refractivity contribution in [2.45, 2.75) is 24.7 Å². The highest BCUT2D eigenvalue weighted by Gasteiger charge is 2.17. The van der Waals surface area contributed by atoms with Gasteiger partial charge in [0.1, 0.15) is 4.90 Å². The number of rotatable bonds is 6. The van der Waals surface area contributed by atoms with Crippen LogP contribution in [0, 0.1) is 6.92 Å². The smallest absolute Gasteiger partial charge is 0.242 e. The van der Waals surface area contributed by atoms with Gasteiger partial charge in [0.15, 0.2) is 0 Å². The van der Waals surface area contributed by atoms with Crippen molar-refractivity contribution >= 4 is 27.3 Å². The summed E-state index contributed by atoms with van der Waals surface area (Å²) < 4.78 is 26.9. The first-order valence-corrected chi connectivity index (χ1v) is 8.30. The zero-order valence-electron chi connectivity index (χ0n) is 11.6. The van der Waals surface area contributed by atoms with Crippen molar-refractivity contribution in [2.24, 2.45) is 0 Å². The van der Waals surface area contributed by atoms with Crippen molar-refractivity contribution in [1.29, 1.82) is 0 Å². The zero-order chi connectivity index (χ0) is 15.5. The van der Waals surface area contributed by atoms with Crippen LogP contribution in [0.1, 0.15) is 17.7 Å². The molecule has 0 amide bonds. The summed E-state index contributed by atoms with van der Waals surface area (Å²) in [5.74, 6) is 0. The number of nitrogens with zero attached hydrogens (tertiary/aromatic N) is 1. The summed E-state index contributed by atoms with van der Waals surface area (Å²) in [5, 5.41) is 7.10. The topological polar surface area (TPSA) is 101 Å². The second-order valence-electron chi connectivity index (χ2n) is 4.70. The van der Waals surface area contributed by atoms with Crippen LogP contribution in [0.5, 0.6) is 0 Å². The number of nitrogen functional groups attached to an aromatic ring is 1. The highest BCUT2D eigenvalue weighted by atomic mass is 35.5. The van der Waals surface area contributed by atoms with E-state index in [1.54, 1.807) is 12.3 Å². The fourth-order valence-corrected chi connectivity index (χ4v) is 3.40. The van der Waals surface area contributed by atoms with E-state index in [4.69, 9.17) is 17.3 Å². The van der Waals surface area contributed by atoms with Gasteiger partial charge < -0.3 is 5.73 Å². The van der Waals surface area contributed by atoms with Gasteiger partial charge in [-0.1, -0.05) is 11.6 Å². The Balaban J connectivity index is 1.95. The van der Waals surface area contributed by atoms with Crippen LogP contribution in [0.25, 0.3) is 0 Å². The third-order valence-corrected chi connectivity index (χ3v) is 4.87. The first-order chi connectivity index (χ1) is 9.90. The molecule has 21 heavy (non-hydrogen) atoms. The Morgan fingerprint density at radius 3 is 2.86 bits per heavy atom. The molecule has 0 saturated carbocycles. The van der Waals surface area contributed by atoms with Crippen LogP contribution in [-0.4, -0.2) is 25.2 Å². The van der Waals surface area contributed by atoms with Crippen LogP contribution < -0.4 is 10.5 Å². The van der Waals surface area contributed by atoms with Crippen LogP contribution >= 0.6 is 11.6 Å². The molecular weight excluding hydrogens is 312 g/mol. The maximum Gasteiger partial charge on any atom is 0.242 e. The standard InChI is InChI=1S/C13H17ClN4O2S/c1-9-10(8-16-18-9)3-2-6-17-21(19,20)13-7-11(14)4-5-12(13)15/h4-5,7-8,17H,2-3,6,15H2,1H3,(H,16,18). The number of nitrogens with two attached hydrogens (primary N) is 1. The van der Waals surface area contributed by atoms with Crippen LogP contribution in [0.3, 0.4) is 0 Å². The van der Waals surface area contributed by atoms with Gasteiger partial charge in [0.2, 0.25) is 10.0 Å². The van der Waals surface area contributed by atoms with Gasteiger partial charge in [0, 0.05) is 17.3 Å². The number of aromatic amines is 1. The third-order valence-electron chi connectivity index (χ3n) is 3.11. The van der Waals surface area contributed by atoms with Crippen molar-refractivity contribution in [2.75, 3.05) is 12.3 Å². The number of nitrogens with one attached hydrogen (secondary N) is 2. The van der Waals surface area contributed by atoms with Gasteiger partial charge in [-0.3, -0.25) is 5.10 Å². The van der Waals surface area contributed by atoms with Crippen LogP contribution in [-0.2, 0) is 16.4 Å². The fraction of sp³-hybridized carbons (Fsp3) is 0.308. The largest absolute Gasteiger partial charge is 0.398 e. The summed E-state index contributed by atoms with van der Waals surface area (Å²) in [5.41, 5.74) is 7.94. The van der Waals surface area contributed by atoms with E-state index in [1.165, 1.54) is 12.1 Å². The molecule has 0 fully saturated rings. The highest BCUT2D eigenvalue weighted by Crippen LogP contribution is 2.22. The first kappa shape index (κ1) is 15.8. The van der Waals surface area contributed by atoms with Crippen LogP contribution in [0.2, 0.25) is 5.02 Å². The average molecular weight is 329 g/mol. The number of hydrogen-bond donors (Lipinski definition) is 3. The Morgan fingerprint density at radius 2 is 2.19 bits per heavy atom. The second-order valence-corrected chi connectivity index (χ2v) is 6.88. The van der Waals surface area contributed by atoms with Crippen LogP contribution in [0.4, 0.5) is 5.69 Å². The molecule has 0 aliphatic heterocycles. The van der Waals surface area contributed by atoms with Gasteiger partial charge in [0.05, 0.1) is 11.9 Å². The van der Waals surface area contributed by atoms with Gasteiger partial charge in [-0.15, -0.1) is 0 Å². The monoisotopic (exact) mass is 328 g/mol. The van der Waals surface area contributed by atoms with Crippen LogP contribution in [0.15, 0.2) is 29.3 Å². The molecule has 0 spiro atoms. The number of aryl methyl sites for hydroxylation is 2. The fourth-order valence-electron chi connectivity index (χ4n) is 1.93. The summed E-state index contributed by atoms with van der Waals surface area (Å²) in [6.07, 6.45) is 3.16. The van der Waals surface area contributed by atoms with E-state index in [2.05, 4.69) is 14.9 Å². The molecule has 1 aromatic carbocycles. The van der Waals surface area contributed by atoms with E-state index in [0.29, 0.717) is 18.0 Å². The highest BCUT2D eigenvalue weighted by molar-refractivity contribution is 7.89. The maximum atomic E-state index is 12.2. The molecule has 0 bridgehead atoms. The van der Waals surface area contributed by atoms with E-state index in [-0.39, 0.29) is 10.6 Å². The molecule has 6 nitrogen and oxygen atoms in total. The number of H-pyrrole nitrogens is 1. The molecule has 0 atom stereocenters. The number of hydrogen-bond acceptors (Lipinski definition) is 4. The van der Waals surface area contributed by atoms with Crippen molar-refractivity contribution in [1.82, 2.24) is 14.9 Å². The van der Waals surface area contributed by atoms with Crippen molar-refractivity contribution in [3.05, 3.63) is 40.7 Å². The Kier molecular flexibility index (Phi) is 4.87. The predicted molar refractivity (Wildman–Crippen MR) is 82.7 cm³/mol. The Hall–Kier alpha value is -1.57. The molecule has 0 unspecified atom stereocenters.